The Morgan fingerprint density at radius 1 is 1.67 bits per heavy atom. The lowest BCUT2D eigenvalue weighted by Gasteiger charge is -2.25. The van der Waals surface area contributed by atoms with Crippen LogP contribution in [0.1, 0.15) is 19.8 Å². The lowest BCUT2D eigenvalue weighted by molar-refractivity contribution is -0.147. The van der Waals surface area contributed by atoms with E-state index in [2.05, 4.69) is 19.1 Å². The molecule has 0 amide bonds. The molecule has 0 aromatic carbocycles. The molecule has 66 valence electrons. The molecule has 2 rings (SSSR count). The molecule has 0 aliphatic heterocycles. The van der Waals surface area contributed by atoms with E-state index in [1.807, 2.05) is 0 Å². The number of carbonyl (C=O) groups is 1. The van der Waals surface area contributed by atoms with Crippen LogP contribution in [-0.2, 0) is 9.53 Å². The summed E-state index contributed by atoms with van der Waals surface area (Å²) < 4.78 is 4.78. The standard InChI is InChI=1S/C10H14O2/c1-10-4-3-7(6-10)5-8(10)9(11)12-2/h3-4,7-8H,5-6H2,1-2H3. The molecule has 0 heterocycles. The Morgan fingerprint density at radius 3 is 2.83 bits per heavy atom. The molecule has 1 saturated carbocycles. The molecule has 2 aliphatic carbocycles. The predicted octanol–water partition coefficient (Wildman–Crippen LogP) is 1.76. The van der Waals surface area contributed by atoms with Gasteiger partial charge in [-0.1, -0.05) is 19.1 Å². The van der Waals surface area contributed by atoms with E-state index < -0.39 is 0 Å². The molecule has 2 nitrogen and oxygen atoms in total. The van der Waals surface area contributed by atoms with E-state index in [-0.39, 0.29) is 17.3 Å². The summed E-state index contributed by atoms with van der Waals surface area (Å²) in [6.45, 7) is 2.15. The summed E-state index contributed by atoms with van der Waals surface area (Å²) in [6, 6.07) is 0. The first kappa shape index (κ1) is 7.84. The molecule has 2 aliphatic rings. The molecule has 0 aromatic heterocycles. The van der Waals surface area contributed by atoms with Gasteiger partial charge in [0.15, 0.2) is 0 Å². The van der Waals surface area contributed by atoms with Crippen LogP contribution in [0.4, 0.5) is 0 Å². The summed E-state index contributed by atoms with van der Waals surface area (Å²) in [5, 5.41) is 0. The van der Waals surface area contributed by atoms with Crippen LogP contribution in [0.3, 0.4) is 0 Å². The zero-order chi connectivity index (χ0) is 8.77. The summed E-state index contributed by atoms with van der Waals surface area (Å²) in [6.07, 6.45) is 6.54. The summed E-state index contributed by atoms with van der Waals surface area (Å²) in [5.74, 6) is 0.695. The van der Waals surface area contributed by atoms with Gasteiger partial charge < -0.3 is 4.74 Å². The van der Waals surface area contributed by atoms with Crippen LogP contribution < -0.4 is 0 Å². The summed E-state index contributed by atoms with van der Waals surface area (Å²) >= 11 is 0. The first-order chi connectivity index (χ1) is 5.65. The average molecular weight is 166 g/mol. The van der Waals surface area contributed by atoms with Gasteiger partial charge in [-0.05, 0) is 24.2 Å². The van der Waals surface area contributed by atoms with Crippen LogP contribution >= 0.6 is 0 Å². The van der Waals surface area contributed by atoms with Crippen molar-refractivity contribution in [3.63, 3.8) is 0 Å². The molecule has 12 heavy (non-hydrogen) atoms. The lowest BCUT2D eigenvalue weighted by Crippen LogP contribution is -2.27. The third-order valence-electron chi connectivity index (χ3n) is 3.27. The normalized spacial score (nSPS) is 43.5. The molecule has 0 aromatic rings. The molecule has 0 saturated heterocycles. The molecule has 0 spiro atoms. The summed E-state index contributed by atoms with van der Waals surface area (Å²) in [5.41, 5.74) is 0.0950. The minimum Gasteiger partial charge on any atom is -0.469 e. The second-order valence-electron chi connectivity index (χ2n) is 4.14. The topological polar surface area (TPSA) is 26.3 Å². The smallest absolute Gasteiger partial charge is 0.309 e. The van der Waals surface area contributed by atoms with Gasteiger partial charge in [-0.15, -0.1) is 0 Å². The molecular formula is C10H14O2. The van der Waals surface area contributed by atoms with Gasteiger partial charge in [0.25, 0.3) is 0 Å². The van der Waals surface area contributed by atoms with Crippen LogP contribution in [0.15, 0.2) is 12.2 Å². The number of methoxy groups -OCH3 is 1. The summed E-state index contributed by atoms with van der Waals surface area (Å²) in [7, 11) is 1.47. The first-order valence-electron chi connectivity index (χ1n) is 4.43. The van der Waals surface area contributed by atoms with Gasteiger partial charge >= 0.3 is 5.97 Å². The Kier molecular flexibility index (Phi) is 1.53. The molecular weight excluding hydrogens is 152 g/mol. The molecule has 1 fully saturated rings. The highest BCUT2D eigenvalue weighted by atomic mass is 16.5. The average Bonchev–Trinajstić information content (AvgIpc) is 2.57. The van der Waals surface area contributed by atoms with Crippen molar-refractivity contribution >= 4 is 5.97 Å². The van der Waals surface area contributed by atoms with E-state index >= 15 is 0 Å². The minimum absolute atomic E-state index is 0.0376. The molecule has 0 N–H and O–H groups in total. The quantitative estimate of drug-likeness (QED) is 0.438. The summed E-state index contributed by atoms with van der Waals surface area (Å²) in [4.78, 5) is 11.4. The highest BCUT2D eigenvalue weighted by molar-refractivity contribution is 5.74. The van der Waals surface area contributed by atoms with Crippen molar-refractivity contribution in [1.82, 2.24) is 0 Å². The van der Waals surface area contributed by atoms with Crippen LogP contribution in [0.5, 0.6) is 0 Å². The zero-order valence-electron chi connectivity index (χ0n) is 7.54. The minimum atomic E-state index is -0.0376. The Morgan fingerprint density at radius 2 is 2.42 bits per heavy atom. The Balaban J connectivity index is 2.21. The van der Waals surface area contributed by atoms with Gasteiger partial charge in [-0.2, -0.15) is 0 Å². The van der Waals surface area contributed by atoms with Gasteiger partial charge in [0.1, 0.15) is 0 Å². The zero-order valence-corrected chi connectivity index (χ0v) is 7.54. The number of esters is 1. The molecule has 2 bridgehead atoms. The molecule has 3 unspecified atom stereocenters. The van der Waals surface area contributed by atoms with Crippen LogP contribution in [0.25, 0.3) is 0 Å². The van der Waals surface area contributed by atoms with Crippen molar-refractivity contribution in [3.05, 3.63) is 12.2 Å². The Bertz CT molecular complexity index is 244. The van der Waals surface area contributed by atoms with Crippen molar-refractivity contribution in [2.45, 2.75) is 19.8 Å². The van der Waals surface area contributed by atoms with Gasteiger partial charge in [0, 0.05) is 0 Å². The van der Waals surface area contributed by atoms with E-state index in [1.54, 1.807) is 0 Å². The van der Waals surface area contributed by atoms with Crippen molar-refractivity contribution in [2.24, 2.45) is 17.3 Å². The number of hydrogen-bond acceptors (Lipinski definition) is 2. The predicted molar refractivity (Wildman–Crippen MR) is 45.5 cm³/mol. The first-order valence-corrected chi connectivity index (χ1v) is 4.43. The highest BCUT2D eigenvalue weighted by Gasteiger charge is 2.49. The van der Waals surface area contributed by atoms with Crippen molar-refractivity contribution in [2.75, 3.05) is 7.11 Å². The Labute approximate surface area is 72.6 Å². The van der Waals surface area contributed by atoms with Crippen LogP contribution in [-0.4, -0.2) is 13.1 Å². The SMILES string of the molecule is COC(=O)C1CC2C=CC1(C)C2. The number of rotatable bonds is 1. The fourth-order valence-corrected chi connectivity index (χ4v) is 2.56. The van der Waals surface area contributed by atoms with Crippen molar-refractivity contribution < 1.29 is 9.53 Å². The van der Waals surface area contributed by atoms with Gasteiger partial charge in [0.2, 0.25) is 0 Å². The van der Waals surface area contributed by atoms with Crippen LogP contribution in [0.2, 0.25) is 0 Å². The number of carbonyl (C=O) groups excluding carboxylic acids is 1. The van der Waals surface area contributed by atoms with E-state index in [1.165, 1.54) is 7.11 Å². The number of allylic oxidation sites excluding steroid dienone is 2. The monoisotopic (exact) mass is 166 g/mol. The maximum atomic E-state index is 11.4. The van der Waals surface area contributed by atoms with Gasteiger partial charge in [0.05, 0.1) is 13.0 Å². The van der Waals surface area contributed by atoms with Crippen LogP contribution in [0, 0.1) is 17.3 Å². The van der Waals surface area contributed by atoms with Gasteiger partial charge in [-0.25, -0.2) is 0 Å². The number of ether oxygens (including phenoxy) is 1. The molecule has 2 heteroatoms. The third kappa shape index (κ3) is 0.904. The maximum absolute atomic E-state index is 11.4. The fraction of sp³-hybridized carbons (Fsp3) is 0.700. The lowest BCUT2D eigenvalue weighted by atomic mass is 9.80. The largest absolute Gasteiger partial charge is 0.469 e. The van der Waals surface area contributed by atoms with Crippen molar-refractivity contribution in [1.29, 1.82) is 0 Å². The Hall–Kier alpha value is -0.790. The second kappa shape index (κ2) is 2.35. The molecule has 0 radical (unpaired) electrons. The van der Waals surface area contributed by atoms with Gasteiger partial charge in [-0.3, -0.25) is 4.79 Å². The fourth-order valence-electron chi connectivity index (χ4n) is 2.56. The third-order valence-corrected chi connectivity index (χ3v) is 3.27. The van der Waals surface area contributed by atoms with E-state index in [0.717, 1.165) is 12.8 Å². The van der Waals surface area contributed by atoms with Crippen molar-refractivity contribution in [3.8, 4) is 0 Å². The number of fused-ring (bicyclic) bond motifs is 2. The van der Waals surface area contributed by atoms with E-state index in [9.17, 15) is 4.79 Å². The molecule has 3 atom stereocenters. The number of hydrogen-bond donors (Lipinski definition) is 0. The second-order valence-corrected chi connectivity index (χ2v) is 4.14. The van der Waals surface area contributed by atoms with E-state index in [0.29, 0.717) is 5.92 Å². The maximum Gasteiger partial charge on any atom is 0.309 e. The van der Waals surface area contributed by atoms with E-state index in [4.69, 9.17) is 4.74 Å². The highest BCUT2D eigenvalue weighted by Crippen LogP contribution is 2.53.